The van der Waals surface area contributed by atoms with Gasteiger partial charge in [-0.2, -0.15) is 11.8 Å². The minimum Gasteiger partial charge on any atom is -0.357 e. The molecule has 1 aliphatic rings. The van der Waals surface area contributed by atoms with Gasteiger partial charge in [0.15, 0.2) is 5.96 Å². The van der Waals surface area contributed by atoms with Gasteiger partial charge >= 0.3 is 0 Å². The lowest BCUT2D eigenvalue weighted by molar-refractivity contribution is -0.121. The topological polar surface area (TPSA) is 65.5 Å². The Hall–Kier alpha value is -0.910. The van der Waals surface area contributed by atoms with Crippen molar-refractivity contribution in [3.63, 3.8) is 0 Å². The molecular formula is C17H34N4OS. The molecule has 1 saturated carbocycles. The minimum absolute atomic E-state index is 0.137. The van der Waals surface area contributed by atoms with Crippen LogP contribution in [-0.2, 0) is 4.79 Å². The van der Waals surface area contributed by atoms with Crippen LogP contribution in [0.3, 0.4) is 0 Å². The SMILES string of the molecule is CCNC(=NCC(C)(C)SC)NCCNC(=O)CC1CCCC1. The van der Waals surface area contributed by atoms with Gasteiger partial charge in [0.05, 0.1) is 6.54 Å². The molecule has 3 N–H and O–H groups in total. The molecule has 0 spiro atoms. The van der Waals surface area contributed by atoms with Gasteiger partial charge < -0.3 is 16.0 Å². The zero-order valence-corrected chi connectivity index (χ0v) is 16.0. The molecule has 0 aliphatic heterocycles. The summed E-state index contributed by atoms with van der Waals surface area (Å²) < 4.78 is 0.137. The highest BCUT2D eigenvalue weighted by Crippen LogP contribution is 2.27. The predicted octanol–water partition coefficient (Wildman–Crippen LogP) is 2.38. The second-order valence-electron chi connectivity index (χ2n) is 6.79. The van der Waals surface area contributed by atoms with Crippen LogP contribution < -0.4 is 16.0 Å². The van der Waals surface area contributed by atoms with Crippen molar-refractivity contribution < 1.29 is 4.79 Å². The van der Waals surface area contributed by atoms with E-state index in [1.165, 1.54) is 25.7 Å². The minimum atomic E-state index is 0.137. The van der Waals surface area contributed by atoms with Crippen molar-refractivity contribution in [2.24, 2.45) is 10.9 Å². The summed E-state index contributed by atoms with van der Waals surface area (Å²) >= 11 is 1.81. The van der Waals surface area contributed by atoms with Crippen molar-refractivity contribution in [2.75, 3.05) is 32.4 Å². The molecule has 0 radical (unpaired) electrons. The standard InChI is InChI=1S/C17H34N4OS/c1-5-18-16(21-13-17(2,3)23-4)20-11-10-19-15(22)12-14-8-6-7-9-14/h14H,5-13H2,1-4H3,(H,19,22)(H2,18,20,21). The molecular weight excluding hydrogens is 308 g/mol. The van der Waals surface area contributed by atoms with Gasteiger partial charge in [0.1, 0.15) is 0 Å². The molecule has 0 unspecified atom stereocenters. The number of amides is 1. The number of nitrogens with zero attached hydrogens (tertiary/aromatic N) is 1. The Bertz CT molecular complexity index is 379. The van der Waals surface area contributed by atoms with E-state index >= 15 is 0 Å². The average molecular weight is 343 g/mol. The third-order valence-corrected chi connectivity index (χ3v) is 5.44. The van der Waals surface area contributed by atoms with E-state index in [0.29, 0.717) is 25.4 Å². The Morgan fingerprint density at radius 2 is 1.83 bits per heavy atom. The Morgan fingerprint density at radius 3 is 2.43 bits per heavy atom. The van der Waals surface area contributed by atoms with Gasteiger partial charge in [-0.25, -0.2) is 0 Å². The molecule has 0 bridgehead atoms. The van der Waals surface area contributed by atoms with E-state index in [-0.39, 0.29) is 10.7 Å². The Kier molecular flexibility index (Phi) is 9.44. The van der Waals surface area contributed by atoms with Crippen molar-refractivity contribution in [2.45, 2.75) is 57.6 Å². The van der Waals surface area contributed by atoms with Crippen LogP contribution in [0.2, 0.25) is 0 Å². The van der Waals surface area contributed by atoms with Crippen molar-refractivity contribution in [1.82, 2.24) is 16.0 Å². The Balaban J connectivity index is 2.23. The molecule has 0 atom stereocenters. The predicted molar refractivity (Wildman–Crippen MR) is 101 cm³/mol. The van der Waals surface area contributed by atoms with Crippen molar-refractivity contribution in [3.05, 3.63) is 0 Å². The molecule has 5 nitrogen and oxygen atoms in total. The van der Waals surface area contributed by atoms with Crippen LogP contribution in [0.4, 0.5) is 0 Å². The zero-order chi connectivity index (χ0) is 17.1. The molecule has 1 rings (SSSR count). The molecule has 0 heterocycles. The third-order valence-electron chi connectivity index (χ3n) is 4.20. The molecule has 23 heavy (non-hydrogen) atoms. The third kappa shape index (κ3) is 9.08. The maximum Gasteiger partial charge on any atom is 0.220 e. The lowest BCUT2D eigenvalue weighted by Gasteiger charge is -2.20. The number of carbonyl (C=O) groups is 1. The molecule has 1 fully saturated rings. The first-order valence-corrected chi connectivity index (χ1v) is 10.0. The van der Waals surface area contributed by atoms with E-state index in [9.17, 15) is 4.79 Å². The van der Waals surface area contributed by atoms with Crippen LogP contribution in [-0.4, -0.2) is 49.0 Å². The van der Waals surface area contributed by atoms with E-state index in [1.54, 1.807) is 0 Å². The van der Waals surface area contributed by atoms with Gasteiger partial charge in [0, 0.05) is 30.8 Å². The first-order valence-electron chi connectivity index (χ1n) is 8.81. The number of hydrogen-bond acceptors (Lipinski definition) is 3. The van der Waals surface area contributed by atoms with Crippen molar-refractivity contribution >= 4 is 23.6 Å². The normalized spacial score (nSPS) is 16.4. The summed E-state index contributed by atoms with van der Waals surface area (Å²) in [5.41, 5.74) is 0. The van der Waals surface area contributed by atoms with Gasteiger partial charge in [-0.1, -0.05) is 12.8 Å². The summed E-state index contributed by atoms with van der Waals surface area (Å²) in [6.45, 7) is 9.36. The average Bonchev–Trinajstić information content (AvgIpc) is 3.02. The number of carbonyl (C=O) groups excluding carboxylic acids is 1. The monoisotopic (exact) mass is 342 g/mol. The summed E-state index contributed by atoms with van der Waals surface area (Å²) in [5.74, 6) is 1.61. The van der Waals surface area contributed by atoms with Gasteiger partial charge in [-0.3, -0.25) is 9.79 Å². The smallest absolute Gasteiger partial charge is 0.220 e. The van der Waals surface area contributed by atoms with Gasteiger partial charge in [-0.05, 0) is 45.8 Å². The van der Waals surface area contributed by atoms with Gasteiger partial charge in [-0.15, -0.1) is 0 Å². The number of aliphatic imine (C=N–C) groups is 1. The highest BCUT2D eigenvalue weighted by molar-refractivity contribution is 7.99. The van der Waals surface area contributed by atoms with Gasteiger partial charge in [0.25, 0.3) is 0 Å². The number of thioether (sulfide) groups is 1. The van der Waals surface area contributed by atoms with Crippen molar-refractivity contribution in [1.29, 1.82) is 0 Å². The lowest BCUT2D eigenvalue weighted by Crippen LogP contribution is -2.42. The number of rotatable bonds is 9. The van der Waals surface area contributed by atoms with E-state index in [1.807, 2.05) is 11.8 Å². The largest absolute Gasteiger partial charge is 0.357 e. The van der Waals surface area contributed by atoms with E-state index < -0.39 is 0 Å². The van der Waals surface area contributed by atoms with Crippen LogP contribution >= 0.6 is 11.8 Å². The number of guanidine groups is 1. The molecule has 0 aromatic rings. The van der Waals surface area contributed by atoms with E-state index in [4.69, 9.17) is 0 Å². The lowest BCUT2D eigenvalue weighted by atomic mass is 10.0. The molecule has 6 heteroatoms. The molecule has 1 aliphatic carbocycles. The summed E-state index contributed by atoms with van der Waals surface area (Å²) in [5, 5.41) is 9.53. The number of hydrogen-bond donors (Lipinski definition) is 3. The fourth-order valence-electron chi connectivity index (χ4n) is 2.61. The maximum absolute atomic E-state index is 11.9. The van der Waals surface area contributed by atoms with Crippen molar-refractivity contribution in [3.8, 4) is 0 Å². The fraction of sp³-hybridized carbons (Fsp3) is 0.882. The van der Waals surface area contributed by atoms with E-state index in [2.05, 4.69) is 48.0 Å². The molecule has 0 aromatic heterocycles. The summed E-state index contributed by atoms with van der Waals surface area (Å²) in [7, 11) is 0. The Morgan fingerprint density at radius 1 is 1.17 bits per heavy atom. The quantitative estimate of drug-likeness (QED) is 0.342. The zero-order valence-electron chi connectivity index (χ0n) is 15.2. The number of nitrogens with one attached hydrogen (secondary N) is 3. The van der Waals surface area contributed by atoms with Crippen LogP contribution in [0.25, 0.3) is 0 Å². The second-order valence-corrected chi connectivity index (χ2v) is 8.30. The fourth-order valence-corrected chi connectivity index (χ4v) is 2.80. The molecule has 1 amide bonds. The van der Waals surface area contributed by atoms with E-state index in [0.717, 1.165) is 19.0 Å². The second kappa shape index (κ2) is 10.8. The van der Waals surface area contributed by atoms with Crippen LogP contribution in [0.15, 0.2) is 4.99 Å². The van der Waals surface area contributed by atoms with Crippen LogP contribution in [0.1, 0.15) is 52.9 Å². The molecule has 0 aromatic carbocycles. The summed E-state index contributed by atoms with van der Waals surface area (Å²) in [6, 6.07) is 0. The summed E-state index contributed by atoms with van der Waals surface area (Å²) in [4.78, 5) is 16.5. The first-order chi connectivity index (χ1) is 11.0. The van der Waals surface area contributed by atoms with Crippen LogP contribution in [0.5, 0.6) is 0 Å². The highest BCUT2D eigenvalue weighted by atomic mass is 32.2. The maximum atomic E-state index is 11.9. The molecule has 0 saturated heterocycles. The van der Waals surface area contributed by atoms with Crippen LogP contribution in [0, 0.1) is 5.92 Å². The van der Waals surface area contributed by atoms with Gasteiger partial charge in [0.2, 0.25) is 5.91 Å². The highest BCUT2D eigenvalue weighted by Gasteiger charge is 2.18. The first kappa shape index (κ1) is 20.1. The Labute approximate surface area is 145 Å². The summed E-state index contributed by atoms with van der Waals surface area (Å²) in [6.07, 6.45) is 7.80. The molecule has 134 valence electrons.